The Morgan fingerprint density at radius 3 is 2.74 bits per heavy atom. The second-order valence-corrected chi connectivity index (χ2v) is 5.97. The molecule has 4 nitrogen and oxygen atoms in total. The van der Waals surface area contributed by atoms with Crippen molar-refractivity contribution in [2.75, 3.05) is 13.1 Å². The van der Waals surface area contributed by atoms with Crippen molar-refractivity contribution in [3.8, 4) is 0 Å². The number of furan rings is 1. The van der Waals surface area contributed by atoms with Gasteiger partial charge in [0.15, 0.2) is 0 Å². The number of hydrogen-bond donors (Lipinski definition) is 1. The highest BCUT2D eigenvalue weighted by atomic mass is 16.3. The molecule has 0 aliphatic carbocycles. The Labute approximate surface area is 114 Å². The van der Waals surface area contributed by atoms with Crippen molar-refractivity contribution in [1.82, 2.24) is 10.2 Å². The Morgan fingerprint density at radius 1 is 1.32 bits per heavy atom. The molecule has 4 heteroatoms. The van der Waals surface area contributed by atoms with Crippen molar-refractivity contribution in [3.05, 3.63) is 23.7 Å². The summed E-state index contributed by atoms with van der Waals surface area (Å²) in [5, 5.41) is 3.23. The fraction of sp³-hybridized carbons (Fsp3) is 0.667. The van der Waals surface area contributed by atoms with Crippen molar-refractivity contribution in [1.29, 1.82) is 0 Å². The summed E-state index contributed by atoms with van der Waals surface area (Å²) in [4.78, 5) is 14.0. The molecule has 0 atom stereocenters. The van der Waals surface area contributed by atoms with Crippen LogP contribution in [0.3, 0.4) is 0 Å². The van der Waals surface area contributed by atoms with Gasteiger partial charge in [0.05, 0.1) is 6.54 Å². The van der Waals surface area contributed by atoms with Gasteiger partial charge in [-0.15, -0.1) is 0 Å². The van der Waals surface area contributed by atoms with Crippen molar-refractivity contribution in [2.24, 2.45) is 0 Å². The van der Waals surface area contributed by atoms with Crippen molar-refractivity contribution < 1.29 is 9.21 Å². The minimum absolute atomic E-state index is 0.0882. The molecule has 0 bridgehead atoms. The molecular formula is C15H22N2O2. The van der Waals surface area contributed by atoms with E-state index in [0.717, 1.165) is 56.8 Å². The maximum Gasteiger partial charge on any atom is 0.220 e. The van der Waals surface area contributed by atoms with Crippen LogP contribution in [0.2, 0.25) is 0 Å². The summed E-state index contributed by atoms with van der Waals surface area (Å²) in [5.41, 5.74) is 0.0882. The number of rotatable bonds is 2. The van der Waals surface area contributed by atoms with Crippen LogP contribution in [-0.4, -0.2) is 29.4 Å². The zero-order chi connectivity index (χ0) is 13.3. The number of aryl methyl sites for hydroxylation is 1. The lowest BCUT2D eigenvalue weighted by atomic mass is 9.80. The van der Waals surface area contributed by atoms with Gasteiger partial charge in [-0.3, -0.25) is 9.69 Å². The fourth-order valence-corrected chi connectivity index (χ4v) is 3.31. The van der Waals surface area contributed by atoms with E-state index in [9.17, 15) is 4.79 Å². The molecule has 2 aliphatic heterocycles. The van der Waals surface area contributed by atoms with Crippen molar-refractivity contribution in [2.45, 2.75) is 51.1 Å². The molecule has 3 heterocycles. The SMILES string of the molecule is Cc1ccc(CN2CCC3(CCCC(=O)N3)CC2)o1. The maximum absolute atomic E-state index is 11.6. The van der Waals surface area contributed by atoms with E-state index in [4.69, 9.17) is 4.42 Å². The quantitative estimate of drug-likeness (QED) is 0.889. The topological polar surface area (TPSA) is 45.5 Å². The van der Waals surface area contributed by atoms with E-state index in [2.05, 4.69) is 16.3 Å². The first-order valence-electron chi connectivity index (χ1n) is 7.24. The van der Waals surface area contributed by atoms with Crippen LogP contribution in [0.25, 0.3) is 0 Å². The van der Waals surface area contributed by atoms with E-state index >= 15 is 0 Å². The Kier molecular flexibility index (Phi) is 3.35. The van der Waals surface area contributed by atoms with E-state index in [1.165, 1.54) is 0 Å². The highest BCUT2D eigenvalue weighted by Crippen LogP contribution is 2.31. The van der Waals surface area contributed by atoms with Crippen LogP contribution < -0.4 is 5.32 Å². The summed E-state index contributed by atoms with van der Waals surface area (Å²) in [6, 6.07) is 4.07. The molecular weight excluding hydrogens is 240 g/mol. The van der Waals surface area contributed by atoms with Crippen molar-refractivity contribution >= 4 is 5.91 Å². The van der Waals surface area contributed by atoms with E-state index in [1.54, 1.807) is 0 Å². The number of carbonyl (C=O) groups excluding carboxylic acids is 1. The van der Waals surface area contributed by atoms with E-state index in [1.807, 2.05) is 13.0 Å². The van der Waals surface area contributed by atoms with E-state index < -0.39 is 0 Å². The number of likely N-dealkylation sites (tertiary alicyclic amines) is 1. The summed E-state index contributed by atoms with van der Waals surface area (Å²) in [7, 11) is 0. The first-order chi connectivity index (χ1) is 9.15. The van der Waals surface area contributed by atoms with Gasteiger partial charge < -0.3 is 9.73 Å². The molecule has 0 radical (unpaired) electrons. The zero-order valence-corrected chi connectivity index (χ0v) is 11.6. The number of nitrogens with one attached hydrogen (secondary N) is 1. The standard InChI is InChI=1S/C15H22N2O2/c1-12-4-5-13(19-12)11-17-9-7-15(8-10-17)6-2-3-14(18)16-15/h4-5H,2-3,6-11H2,1H3,(H,16,18). The van der Waals surface area contributed by atoms with Gasteiger partial charge in [0.25, 0.3) is 0 Å². The first-order valence-corrected chi connectivity index (χ1v) is 7.24. The summed E-state index contributed by atoms with van der Waals surface area (Å²) in [6.07, 6.45) is 5.03. The molecule has 1 spiro atoms. The van der Waals surface area contributed by atoms with Crippen LogP contribution >= 0.6 is 0 Å². The summed E-state index contributed by atoms with van der Waals surface area (Å²) in [6.45, 7) is 4.95. The Hall–Kier alpha value is -1.29. The predicted molar refractivity (Wildman–Crippen MR) is 72.7 cm³/mol. The molecule has 2 saturated heterocycles. The van der Waals surface area contributed by atoms with Crippen LogP contribution in [0, 0.1) is 6.92 Å². The lowest BCUT2D eigenvalue weighted by Gasteiger charge is -2.44. The monoisotopic (exact) mass is 262 g/mol. The summed E-state index contributed by atoms with van der Waals surface area (Å²) >= 11 is 0. The Morgan fingerprint density at radius 2 is 2.11 bits per heavy atom. The lowest BCUT2D eigenvalue weighted by molar-refractivity contribution is -0.126. The number of hydrogen-bond acceptors (Lipinski definition) is 3. The molecule has 1 amide bonds. The molecule has 2 fully saturated rings. The minimum atomic E-state index is 0.0882. The fourth-order valence-electron chi connectivity index (χ4n) is 3.31. The highest BCUT2D eigenvalue weighted by molar-refractivity contribution is 5.77. The second-order valence-electron chi connectivity index (χ2n) is 5.97. The van der Waals surface area contributed by atoms with Gasteiger partial charge in [-0.25, -0.2) is 0 Å². The number of amides is 1. The van der Waals surface area contributed by atoms with Gasteiger partial charge in [0.2, 0.25) is 5.91 Å². The minimum Gasteiger partial charge on any atom is -0.465 e. The maximum atomic E-state index is 11.6. The number of piperidine rings is 2. The molecule has 19 heavy (non-hydrogen) atoms. The van der Waals surface area contributed by atoms with E-state index in [0.29, 0.717) is 6.42 Å². The Balaban J connectivity index is 1.55. The molecule has 3 rings (SSSR count). The molecule has 2 aliphatic rings. The predicted octanol–water partition coefficient (Wildman–Crippen LogP) is 2.22. The number of nitrogens with zero attached hydrogens (tertiary/aromatic N) is 1. The molecule has 1 N–H and O–H groups in total. The normalized spacial score (nSPS) is 23.5. The number of carbonyl (C=O) groups is 1. The van der Waals surface area contributed by atoms with Crippen LogP contribution in [0.1, 0.15) is 43.6 Å². The molecule has 1 aromatic rings. The Bertz CT molecular complexity index is 458. The van der Waals surface area contributed by atoms with E-state index in [-0.39, 0.29) is 11.4 Å². The third kappa shape index (κ3) is 2.84. The first kappa shape index (κ1) is 12.7. The van der Waals surface area contributed by atoms with Crippen LogP contribution in [0.5, 0.6) is 0 Å². The second kappa shape index (κ2) is 5.00. The third-order valence-corrected chi connectivity index (χ3v) is 4.45. The largest absolute Gasteiger partial charge is 0.465 e. The average Bonchev–Trinajstić information content (AvgIpc) is 2.78. The molecule has 0 unspecified atom stereocenters. The molecule has 0 saturated carbocycles. The average molecular weight is 262 g/mol. The van der Waals surface area contributed by atoms with Gasteiger partial charge in [0.1, 0.15) is 11.5 Å². The molecule has 104 valence electrons. The van der Waals surface area contributed by atoms with Gasteiger partial charge in [-0.2, -0.15) is 0 Å². The van der Waals surface area contributed by atoms with Crippen LogP contribution in [0.15, 0.2) is 16.5 Å². The summed E-state index contributed by atoms with van der Waals surface area (Å²) in [5.74, 6) is 2.26. The van der Waals surface area contributed by atoms with Gasteiger partial charge in [0, 0.05) is 25.0 Å². The van der Waals surface area contributed by atoms with Crippen molar-refractivity contribution in [3.63, 3.8) is 0 Å². The van der Waals surface area contributed by atoms with Gasteiger partial charge in [-0.1, -0.05) is 0 Å². The molecule has 1 aromatic heterocycles. The summed E-state index contributed by atoms with van der Waals surface area (Å²) < 4.78 is 5.63. The van der Waals surface area contributed by atoms with Gasteiger partial charge >= 0.3 is 0 Å². The highest BCUT2D eigenvalue weighted by Gasteiger charge is 2.37. The van der Waals surface area contributed by atoms with Gasteiger partial charge in [-0.05, 0) is 44.7 Å². The molecule has 0 aromatic carbocycles. The van der Waals surface area contributed by atoms with Crippen LogP contribution in [0.4, 0.5) is 0 Å². The smallest absolute Gasteiger partial charge is 0.220 e. The van der Waals surface area contributed by atoms with Crippen LogP contribution in [-0.2, 0) is 11.3 Å². The third-order valence-electron chi connectivity index (χ3n) is 4.45. The lowest BCUT2D eigenvalue weighted by Crippen LogP contribution is -2.57. The zero-order valence-electron chi connectivity index (χ0n) is 11.6.